The number of amides is 4. The van der Waals surface area contributed by atoms with Crippen molar-refractivity contribution in [1.29, 1.82) is 0 Å². The van der Waals surface area contributed by atoms with Crippen LogP contribution >= 0.6 is 0 Å². The molecule has 0 aromatic heterocycles. The van der Waals surface area contributed by atoms with Crippen LogP contribution in [-0.2, 0) is 29.5 Å². The van der Waals surface area contributed by atoms with Crippen LogP contribution in [-0.4, -0.2) is 42.2 Å². The van der Waals surface area contributed by atoms with Crippen LogP contribution in [0.5, 0.6) is 0 Å². The van der Waals surface area contributed by atoms with Crippen molar-refractivity contribution in [3.8, 4) is 0 Å². The second-order valence-electron chi connectivity index (χ2n) is 9.40. The van der Waals surface area contributed by atoms with E-state index in [1.807, 2.05) is 19.9 Å². The molecule has 0 bridgehead atoms. The van der Waals surface area contributed by atoms with Crippen LogP contribution in [0.1, 0.15) is 40.4 Å². The number of carbonyl (C=O) groups is 5. The first-order valence-electron chi connectivity index (χ1n) is 11.7. The number of hydrogen-bond donors (Lipinski definition) is 3. The highest BCUT2D eigenvalue weighted by atomic mass is 16.5. The Morgan fingerprint density at radius 3 is 2.39 bits per heavy atom. The van der Waals surface area contributed by atoms with Crippen molar-refractivity contribution < 1.29 is 28.7 Å². The molecule has 10 heteroatoms. The van der Waals surface area contributed by atoms with Crippen LogP contribution in [0.15, 0.2) is 36.4 Å². The van der Waals surface area contributed by atoms with Crippen molar-refractivity contribution in [2.24, 2.45) is 17.6 Å². The molecule has 3 heterocycles. The quantitative estimate of drug-likeness (QED) is 0.422. The molecular formula is C26H26N4O6. The average molecular weight is 491 g/mol. The molecule has 3 aliphatic rings. The lowest BCUT2D eigenvalue weighted by atomic mass is 9.76. The fourth-order valence-electron chi connectivity index (χ4n) is 5.73. The van der Waals surface area contributed by atoms with E-state index in [1.165, 1.54) is 24.3 Å². The van der Waals surface area contributed by atoms with Crippen molar-refractivity contribution in [2.75, 3.05) is 16.8 Å². The van der Waals surface area contributed by atoms with Crippen LogP contribution in [0, 0.1) is 25.7 Å². The van der Waals surface area contributed by atoms with Crippen molar-refractivity contribution >= 4 is 41.0 Å². The Labute approximate surface area is 207 Å². The summed E-state index contributed by atoms with van der Waals surface area (Å²) in [5, 5.41) is 6.08. The molecule has 3 aliphatic heterocycles. The molecule has 0 radical (unpaired) electrons. The Bertz CT molecular complexity index is 1340. The molecule has 0 unspecified atom stereocenters. The van der Waals surface area contributed by atoms with Crippen LogP contribution < -0.4 is 21.3 Å². The van der Waals surface area contributed by atoms with Gasteiger partial charge in [-0.3, -0.25) is 24.5 Å². The van der Waals surface area contributed by atoms with E-state index in [4.69, 9.17) is 10.5 Å². The number of nitrogens with zero attached hydrogens (tertiary/aromatic N) is 1. The van der Waals surface area contributed by atoms with Crippen molar-refractivity contribution in [1.82, 2.24) is 5.32 Å². The summed E-state index contributed by atoms with van der Waals surface area (Å²) in [6.45, 7) is 5.70. The minimum absolute atomic E-state index is 0.214. The number of carbonyl (C=O) groups excluding carboxylic acids is 5. The van der Waals surface area contributed by atoms with Gasteiger partial charge in [-0.2, -0.15) is 0 Å². The van der Waals surface area contributed by atoms with Crippen LogP contribution in [0.2, 0.25) is 0 Å². The van der Waals surface area contributed by atoms with E-state index < -0.39 is 53.0 Å². The molecule has 2 fully saturated rings. The summed E-state index contributed by atoms with van der Waals surface area (Å²) in [6, 6.07) is 8.75. The molecule has 2 aromatic carbocycles. The van der Waals surface area contributed by atoms with Crippen LogP contribution in [0.25, 0.3) is 0 Å². The third-order valence-electron chi connectivity index (χ3n) is 7.48. The largest absolute Gasteiger partial charge is 0.462 e. The molecule has 0 aliphatic carbocycles. The third kappa shape index (κ3) is 3.17. The second kappa shape index (κ2) is 8.27. The average Bonchev–Trinajstić information content (AvgIpc) is 3.41. The number of primary amides is 1. The highest BCUT2D eigenvalue weighted by Gasteiger charge is 2.70. The van der Waals surface area contributed by atoms with Gasteiger partial charge in [-0.15, -0.1) is 0 Å². The standard InChI is InChI=1S/C26H26N4O6/c1-4-36-24(34)14-6-8-15(9-7-14)30-22(32)19-17(11-18(27)31)29-26(20(19)23(30)33)16-10-5-12(2)13(3)21(16)28-25(26)35/h5-10,17,19-20,29H,4,11H2,1-3H3,(H2,27,31)(H,28,35)/t17-,19+,20-,26-/m1/s1. The summed E-state index contributed by atoms with van der Waals surface area (Å²) in [7, 11) is 0. The van der Waals surface area contributed by atoms with Gasteiger partial charge in [0.05, 0.1) is 29.7 Å². The Morgan fingerprint density at radius 2 is 1.75 bits per heavy atom. The normalized spacial score (nSPS) is 26.2. The fourth-order valence-corrected chi connectivity index (χ4v) is 5.73. The van der Waals surface area contributed by atoms with E-state index in [1.54, 1.807) is 13.0 Å². The highest BCUT2D eigenvalue weighted by Crippen LogP contribution is 2.54. The molecule has 0 saturated carbocycles. The Balaban J connectivity index is 1.60. The van der Waals surface area contributed by atoms with Gasteiger partial charge >= 0.3 is 5.97 Å². The number of hydrogen-bond acceptors (Lipinski definition) is 7. The molecule has 36 heavy (non-hydrogen) atoms. The van der Waals surface area contributed by atoms with Gasteiger partial charge < -0.3 is 15.8 Å². The smallest absolute Gasteiger partial charge is 0.338 e. The van der Waals surface area contributed by atoms with Crippen LogP contribution in [0.4, 0.5) is 11.4 Å². The van der Waals surface area contributed by atoms with Crippen molar-refractivity contribution in [3.05, 3.63) is 58.7 Å². The van der Waals surface area contributed by atoms with Gasteiger partial charge in [0.2, 0.25) is 23.6 Å². The number of anilines is 2. The lowest BCUT2D eigenvalue weighted by Crippen LogP contribution is -2.53. The fraction of sp³-hybridized carbons (Fsp3) is 0.346. The van der Waals surface area contributed by atoms with Gasteiger partial charge in [-0.25, -0.2) is 9.69 Å². The van der Waals surface area contributed by atoms with E-state index in [-0.39, 0.29) is 24.3 Å². The molecule has 186 valence electrons. The molecule has 2 aromatic rings. The maximum atomic E-state index is 13.9. The molecule has 4 N–H and O–H groups in total. The Hall–Kier alpha value is -4.05. The maximum absolute atomic E-state index is 13.9. The van der Waals surface area contributed by atoms with Gasteiger partial charge in [-0.1, -0.05) is 12.1 Å². The lowest BCUT2D eigenvalue weighted by molar-refractivity contribution is -0.130. The van der Waals surface area contributed by atoms with Gasteiger partial charge in [-0.05, 0) is 56.2 Å². The highest BCUT2D eigenvalue weighted by molar-refractivity contribution is 6.26. The van der Waals surface area contributed by atoms with Gasteiger partial charge in [0, 0.05) is 23.7 Å². The summed E-state index contributed by atoms with van der Waals surface area (Å²) in [4.78, 5) is 66.1. The van der Waals surface area contributed by atoms with Crippen molar-refractivity contribution in [2.45, 2.75) is 38.8 Å². The van der Waals surface area contributed by atoms with E-state index >= 15 is 0 Å². The van der Waals surface area contributed by atoms with Gasteiger partial charge in [0.15, 0.2) is 0 Å². The number of aryl methyl sites for hydroxylation is 1. The Morgan fingerprint density at radius 1 is 1.06 bits per heavy atom. The predicted octanol–water partition coefficient (Wildman–Crippen LogP) is 1.28. The SMILES string of the molecule is CCOC(=O)c1ccc(N2C(=O)[C@H]3[C@@H](CC(N)=O)N[C@@]4(C(=O)Nc5c4ccc(C)c5C)[C@H]3C2=O)cc1. The minimum atomic E-state index is -1.52. The van der Waals surface area contributed by atoms with Crippen LogP contribution in [0.3, 0.4) is 0 Å². The zero-order valence-corrected chi connectivity index (χ0v) is 20.1. The molecule has 1 spiro atoms. The van der Waals surface area contributed by atoms with E-state index in [0.717, 1.165) is 16.0 Å². The first-order chi connectivity index (χ1) is 17.1. The summed E-state index contributed by atoms with van der Waals surface area (Å²) in [5.41, 5.74) is 7.49. The van der Waals surface area contributed by atoms with Crippen molar-refractivity contribution in [3.63, 3.8) is 0 Å². The number of benzene rings is 2. The number of esters is 1. The molecule has 4 amide bonds. The maximum Gasteiger partial charge on any atom is 0.338 e. The Kier molecular flexibility index (Phi) is 5.44. The summed E-state index contributed by atoms with van der Waals surface area (Å²) in [6.07, 6.45) is -0.217. The molecular weight excluding hydrogens is 464 g/mol. The van der Waals surface area contributed by atoms with E-state index in [9.17, 15) is 24.0 Å². The number of nitrogens with two attached hydrogens (primary N) is 1. The first kappa shape index (κ1) is 23.7. The predicted molar refractivity (Wildman–Crippen MR) is 129 cm³/mol. The van der Waals surface area contributed by atoms with E-state index in [0.29, 0.717) is 11.3 Å². The molecule has 2 saturated heterocycles. The second-order valence-corrected chi connectivity index (χ2v) is 9.40. The zero-order chi connectivity index (χ0) is 25.9. The summed E-state index contributed by atoms with van der Waals surface area (Å²) in [5.74, 6) is -4.78. The van der Waals surface area contributed by atoms with Gasteiger partial charge in [0.1, 0.15) is 5.54 Å². The molecule has 4 atom stereocenters. The monoisotopic (exact) mass is 490 g/mol. The van der Waals surface area contributed by atoms with E-state index in [2.05, 4.69) is 10.6 Å². The number of fused-ring (bicyclic) bond motifs is 4. The number of imide groups is 1. The lowest BCUT2D eigenvalue weighted by Gasteiger charge is -2.29. The minimum Gasteiger partial charge on any atom is -0.462 e. The summed E-state index contributed by atoms with van der Waals surface area (Å²) < 4.78 is 4.99. The van der Waals surface area contributed by atoms with Gasteiger partial charge in [0.25, 0.3) is 0 Å². The summed E-state index contributed by atoms with van der Waals surface area (Å²) >= 11 is 0. The number of ether oxygens (including phenoxy) is 1. The number of rotatable bonds is 5. The third-order valence-corrected chi connectivity index (χ3v) is 7.48. The molecule has 5 rings (SSSR count). The topological polar surface area (TPSA) is 148 Å². The zero-order valence-electron chi connectivity index (χ0n) is 20.1. The first-order valence-corrected chi connectivity index (χ1v) is 11.7. The number of nitrogens with one attached hydrogen (secondary N) is 2. The molecule has 10 nitrogen and oxygen atoms in total.